The molecule has 23 heavy (non-hydrogen) atoms. The van der Waals surface area contributed by atoms with Crippen LogP contribution in [-0.4, -0.2) is 14.8 Å². The van der Waals surface area contributed by atoms with Crippen molar-refractivity contribution in [2.45, 2.75) is 19.3 Å². The average molecular weight is 338 g/mol. The Morgan fingerprint density at radius 1 is 1.13 bits per heavy atom. The number of anilines is 1. The summed E-state index contributed by atoms with van der Waals surface area (Å²) in [5.74, 6) is 0. The lowest BCUT2D eigenvalue weighted by atomic mass is 10.1. The SMILES string of the molecule is FC(F)(F)c1cnc(NCc2ccccc2Cn2cccn2)s1. The molecule has 0 saturated heterocycles. The van der Waals surface area contributed by atoms with Crippen LogP contribution < -0.4 is 5.32 Å². The molecule has 0 fully saturated rings. The molecule has 0 atom stereocenters. The number of halogens is 3. The molecule has 0 radical (unpaired) electrons. The summed E-state index contributed by atoms with van der Waals surface area (Å²) in [4.78, 5) is 3.07. The van der Waals surface area contributed by atoms with Crippen molar-refractivity contribution in [2.24, 2.45) is 0 Å². The topological polar surface area (TPSA) is 42.7 Å². The standard InChI is InChI=1S/C15H13F3N4S/c16-15(17,18)13-9-20-14(23-13)19-8-11-4-1-2-5-12(11)10-22-7-3-6-21-22/h1-7,9H,8,10H2,(H,19,20). The van der Waals surface area contributed by atoms with Crippen LogP contribution in [0.5, 0.6) is 0 Å². The summed E-state index contributed by atoms with van der Waals surface area (Å²) in [7, 11) is 0. The molecule has 1 aromatic carbocycles. The van der Waals surface area contributed by atoms with Gasteiger partial charge in [0.1, 0.15) is 4.88 Å². The Labute approximate surface area is 134 Å². The van der Waals surface area contributed by atoms with Gasteiger partial charge >= 0.3 is 6.18 Å². The fourth-order valence-corrected chi connectivity index (χ4v) is 2.79. The maximum absolute atomic E-state index is 12.6. The van der Waals surface area contributed by atoms with Gasteiger partial charge in [-0.1, -0.05) is 35.6 Å². The highest BCUT2D eigenvalue weighted by molar-refractivity contribution is 7.15. The lowest BCUT2D eigenvalue weighted by Crippen LogP contribution is -2.07. The van der Waals surface area contributed by atoms with Gasteiger partial charge < -0.3 is 5.32 Å². The Bertz CT molecular complexity index is 765. The summed E-state index contributed by atoms with van der Waals surface area (Å²) in [5.41, 5.74) is 2.04. The summed E-state index contributed by atoms with van der Waals surface area (Å²) < 4.78 is 39.5. The molecule has 0 aliphatic rings. The first-order valence-electron chi connectivity index (χ1n) is 6.83. The van der Waals surface area contributed by atoms with Crippen LogP contribution >= 0.6 is 11.3 Å². The van der Waals surface area contributed by atoms with Crippen molar-refractivity contribution >= 4 is 16.5 Å². The summed E-state index contributed by atoms with van der Waals surface area (Å²) in [6.45, 7) is 1.01. The Hall–Kier alpha value is -2.35. The number of hydrogen-bond acceptors (Lipinski definition) is 4. The van der Waals surface area contributed by atoms with E-state index in [0.29, 0.717) is 24.4 Å². The van der Waals surface area contributed by atoms with Crippen LogP contribution in [0.15, 0.2) is 48.9 Å². The van der Waals surface area contributed by atoms with Crippen molar-refractivity contribution in [1.29, 1.82) is 0 Å². The predicted octanol–water partition coefficient (Wildman–Crippen LogP) is 4.02. The number of nitrogens with zero attached hydrogens (tertiary/aromatic N) is 3. The third-order valence-corrected chi connectivity index (χ3v) is 4.22. The minimum Gasteiger partial charge on any atom is -0.357 e. The van der Waals surface area contributed by atoms with E-state index in [1.165, 1.54) is 0 Å². The van der Waals surface area contributed by atoms with Gasteiger partial charge in [-0.3, -0.25) is 4.68 Å². The van der Waals surface area contributed by atoms with Gasteiger partial charge in [0.25, 0.3) is 0 Å². The molecular formula is C15H13F3N4S. The Morgan fingerprint density at radius 2 is 1.91 bits per heavy atom. The van der Waals surface area contributed by atoms with E-state index in [2.05, 4.69) is 15.4 Å². The first-order chi connectivity index (χ1) is 11.0. The van der Waals surface area contributed by atoms with E-state index < -0.39 is 11.1 Å². The van der Waals surface area contributed by atoms with Crippen LogP contribution in [0.2, 0.25) is 0 Å². The smallest absolute Gasteiger partial charge is 0.357 e. The molecule has 0 aliphatic carbocycles. The second-order valence-electron chi connectivity index (χ2n) is 4.85. The summed E-state index contributed by atoms with van der Waals surface area (Å²) in [5, 5.41) is 7.37. The monoisotopic (exact) mass is 338 g/mol. The van der Waals surface area contributed by atoms with Gasteiger partial charge in [0.15, 0.2) is 5.13 Å². The van der Waals surface area contributed by atoms with E-state index in [4.69, 9.17) is 0 Å². The van der Waals surface area contributed by atoms with E-state index in [1.54, 1.807) is 10.9 Å². The van der Waals surface area contributed by atoms with Crippen LogP contribution in [-0.2, 0) is 19.3 Å². The zero-order valence-electron chi connectivity index (χ0n) is 11.9. The van der Waals surface area contributed by atoms with Crippen LogP contribution in [0, 0.1) is 0 Å². The molecular weight excluding hydrogens is 325 g/mol. The lowest BCUT2D eigenvalue weighted by molar-refractivity contribution is -0.134. The zero-order valence-corrected chi connectivity index (χ0v) is 12.7. The molecule has 0 aliphatic heterocycles. The molecule has 0 amide bonds. The van der Waals surface area contributed by atoms with Crippen molar-refractivity contribution in [3.63, 3.8) is 0 Å². The van der Waals surface area contributed by atoms with Gasteiger partial charge in [-0.2, -0.15) is 18.3 Å². The van der Waals surface area contributed by atoms with Gasteiger partial charge in [0.2, 0.25) is 0 Å². The molecule has 0 unspecified atom stereocenters. The number of benzene rings is 1. The van der Waals surface area contributed by atoms with Crippen LogP contribution in [0.3, 0.4) is 0 Å². The highest BCUT2D eigenvalue weighted by atomic mass is 32.1. The molecule has 120 valence electrons. The summed E-state index contributed by atoms with van der Waals surface area (Å²) in [6.07, 6.45) is 0.0635. The molecule has 0 bridgehead atoms. The first-order valence-corrected chi connectivity index (χ1v) is 7.65. The van der Waals surface area contributed by atoms with Crippen molar-refractivity contribution in [3.05, 3.63) is 64.9 Å². The normalized spacial score (nSPS) is 11.6. The Morgan fingerprint density at radius 3 is 2.57 bits per heavy atom. The van der Waals surface area contributed by atoms with Crippen molar-refractivity contribution in [1.82, 2.24) is 14.8 Å². The fourth-order valence-electron chi connectivity index (χ4n) is 2.11. The molecule has 0 spiro atoms. The average Bonchev–Trinajstić information content (AvgIpc) is 3.17. The number of alkyl halides is 3. The quantitative estimate of drug-likeness (QED) is 0.764. The van der Waals surface area contributed by atoms with E-state index in [-0.39, 0.29) is 5.13 Å². The van der Waals surface area contributed by atoms with Gasteiger partial charge in [0.05, 0.1) is 12.7 Å². The highest BCUT2D eigenvalue weighted by Gasteiger charge is 2.33. The predicted molar refractivity (Wildman–Crippen MR) is 82.2 cm³/mol. The zero-order chi connectivity index (χ0) is 16.3. The second-order valence-corrected chi connectivity index (χ2v) is 5.88. The molecule has 8 heteroatoms. The second kappa shape index (κ2) is 6.41. The van der Waals surface area contributed by atoms with E-state index >= 15 is 0 Å². The Balaban J connectivity index is 1.70. The van der Waals surface area contributed by atoms with Crippen molar-refractivity contribution in [2.75, 3.05) is 5.32 Å². The fraction of sp³-hybridized carbons (Fsp3) is 0.200. The largest absolute Gasteiger partial charge is 0.427 e. The van der Waals surface area contributed by atoms with Gasteiger partial charge in [-0.05, 0) is 17.2 Å². The molecule has 1 N–H and O–H groups in total. The summed E-state index contributed by atoms with van der Waals surface area (Å²) >= 11 is 0.606. The molecule has 2 heterocycles. The molecule has 2 aromatic heterocycles. The number of rotatable bonds is 5. The van der Waals surface area contributed by atoms with E-state index in [0.717, 1.165) is 17.3 Å². The highest BCUT2D eigenvalue weighted by Crippen LogP contribution is 2.35. The molecule has 3 aromatic rings. The van der Waals surface area contributed by atoms with E-state index in [9.17, 15) is 13.2 Å². The summed E-state index contributed by atoms with van der Waals surface area (Å²) in [6, 6.07) is 9.57. The minimum absolute atomic E-state index is 0.256. The molecule has 4 nitrogen and oxygen atoms in total. The number of thiazole rings is 1. The third-order valence-electron chi connectivity index (χ3n) is 3.23. The van der Waals surface area contributed by atoms with E-state index in [1.807, 2.05) is 36.5 Å². The molecule has 0 saturated carbocycles. The van der Waals surface area contributed by atoms with Crippen LogP contribution in [0.25, 0.3) is 0 Å². The maximum atomic E-state index is 12.6. The van der Waals surface area contributed by atoms with Crippen molar-refractivity contribution < 1.29 is 13.2 Å². The van der Waals surface area contributed by atoms with Gasteiger partial charge in [0, 0.05) is 18.9 Å². The minimum atomic E-state index is -4.35. The first kappa shape index (κ1) is 15.5. The van der Waals surface area contributed by atoms with Crippen LogP contribution in [0.4, 0.5) is 18.3 Å². The molecule has 3 rings (SSSR count). The van der Waals surface area contributed by atoms with Gasteiger partial charge in [-0.15, -0.1) is 0 Å². The van der Waals surface area contributed by atoms with Crippen LogP contribution in [0.1, 0.15) is 16.0 Å². The van der Waals surface area contributed by atoms with Crippen molar-refractivity contribution in [3.8, 4) is 0 Å². The number of nitrogens with one attached hydrogen (secondary N) is 1. The number of hydrogen-bond donors (Lipinski definition) is 1. The number of aromatic nitrogens is 3. The van der Waals surface area contributed by atoms with Gasteiger partial charge in [-0.25, -0.2) is 4.98 Å². The lowest BCUT2D eigenvalue weighted by Gasteiger charge is -2.10. The maximum Gasteiger partial charge on any atom is 0.427 e. The third kappa shape index (κ3) is 3.89. The Kier molecular flexibility index (Phi) is 4.33.